The molecule has 0 aromatic heterocycles. The first-order valence-electron chi connectivity index (χ1n) is 9.02. The van der Waals surface area contributed by atoms with Gasteiger partial charge in [-0.25, -0.2) is 0 Å². The highest BCUT2D eigenvalue weighted by Crippen LogP contribution is 2.41. The summed E-state index contributed by atoms with van der Waals surface area (Å²) in [6.45, 7) is -0.721. The Balaban J connectivity index is 1.58. The van der Waals surface area contributed by atoms with Crippen molar-refractivity contribution in [2.24, 2.45) is 17.8 Å². The number of halogens is 4. The molecule has 1 N–H and O–H groups in total. The van der Waals surface area contributed by atoms with Gasteiger partial charge in [0.25, 0.3) is 5.91 Å². The quantitative estimate of drug-likeness (QED) is 0.744. The lowest BCUT2D eigenvalue weighted by Crippen LogP contribution is -2.40. The van der Waals surface area contributed by atoms with E-state index in [2.05, 4.69) is 5.32 Å². The predicted octanol–water partition coefficient (Wildman–Crippen LogP) is 4.24. The maximum absolute atomic E-state index is 13.1. The minimum atomic E-state index is -4.70. The molecule has 5 nitrogen and oxygen atoms in total. The highest BCUT2D eigenvalue weighted by atomic mass is 35.5. The molecule has 9 heteroatoms. The molecule has 28 heavy (non-hydrogen) atoms. The number of carbonyl (C=O) groups is 3. The fraction of sp³-hybridized carbons (Fsp3) is 0.526. The van der Waals surface area contributed by atoms with Crippen molar-refractivity contribution < 1.29 is 32.3 Å². The van der Waals surface area contributed by atoms with Gasteiger partial charge >= 0.3 is 12.1 Å². The molecule has 1 aromatic rings. The second kappa shape index (κ2) is 8.11. The maximum atomic E-state index is 13.1. The number of ketones is 1. The summed E-state index contributed by atoms with van der Waals surface area (Å²) in [7, 11) is 0. The Morgan fingerprint density at radius 2 is 1.82 bits per heavy atom. The summed E-state index contributed by atoms with van der Waals surface area (Å²) in [5.74, 6) is -2.07. The highest BCUT2D eigenvalue weighted by Gasteiger charge is 2.42. The van der Waals surface area contributed by atoms with Crippen molar-refractivity contribution in [3.63, 3.8) is 0 Å². The van der Waals surface area contributed by atoms with E-state index in [0.29, 0.717) is 12.8 Å². The summed E-state index contributed by atoms with van der Waals surface area (Å²) in [6, 6.07) is 3.14. The van der Waals surface area contributed by atoms with Crippen LogP contribution in [0.25, 0.3) is 0 Å². The van der Waals surface area contributed by atoms with Crippen molar-refractivity contribution in [3.05, 3.63) is 28.8 Å². The fourth-order valence-corrected chi connectivity index (χ4v) is 4.21. The summed E-state index contributed by atoms with van der Waals surface area (Å²) < 4.78 is 44.2. The molecule has 3 rings (SSSR count). The maximum Gasteiger partial charge on any atom is 0.418 e. The highest BCUT2D eigenvalue weighted by molar-refractivity contribution is 6.34. The molecule has 1 unspecified atom stereocenters. The van der Waals surface area contributed by atoms with Gasteiger partial charge in [0, 0.05) is 11.8 Å². The van der Waals surface area contributed by atoms with E-state index in [0.717, 1.165) is 31.4 Å². The molecule has 0 spiro atoms. The van der Waals surface area contributed by atoms with Crippen LogP contribution in [0.1, 0.15) is 37.7 Å². The van der Waals surface area contributed by atoms with Gasteiger partial charge in [-0.3, -0.25) is 14.4 Å². The number of rotatable bonds is 4. The monoisotopic (exact) mass is 417 g/mol. The van der Waals surface area contributed by atoms with Crippen molar-refractivity contribution in [2.75, 3.05) is 11.9 Å². The third-order valence-corrected chi connectivity index (χ3v) is 5.63. The number of amides is 1. The first kappa shape index (κ1) is 20.6. The molecule has 0 saturated heterocycles. The van der Waals surface area contributed by atoms with E-state index in [1.54, 1.807) is 0 Å². The summed E-state index contributed by atoms with van der Waals surface area (Å²) in [4.78, 5) is 36.3. The van der Waals surface area contributed by atoms with Crippen LogP contribution >= 0.6 is 11.6 Å². The number of alkyl halides is 3. The Bertz CT molecular complexity index is 780. The van der Waals surface area contributed by atoms with Crippen LogP contribution in [0.3, 0.4) is 0 Å². The van der Waals surface area contributed by atoms with Crippen LogP contribution in [0.5, 0.6) is 0 Å². The molecule has 2 bridgehead atoms. The average molecular weight is 418 g/mol. The number of hydrogen-bond donors (Lipinski definition) is 1. The Morgan fingerprint density at radius 1 is 1.18 bits per heavy atom. The number of hydrogen-bond acceptors (Lipinski definition) is 4. The molecule has 152 valence electrons. The average Bonchev–Trinajstić information content (AvgIpc) is 2.60. The van der Waals surface area contributed by atoms with Gasteiger partial charge in [0.05, 0.1) is 22.2 Å². The molecule has 2 aliphatic carbocycles. The Kier molecular flexibility index (Phi) is 5.98. The summed E-state index contributed by atoms with van der Waals surface area (Å²) in [5.41, 5.74) is -1.66. The lowest BCUT2D eigenvalue weighted by molar-refractivity contribution is -0.156. The third kappa shape index (κ3) is 4.48. The second-order valence-electron chi connectivity index (χ2n) is 7.21. The minimum absolute atomic E-state index is 0.142. The van der Waals surface area contributed by atoms with Crippen molar-refractivity contribution in [2.45, 2.75) is 38.3 Å². The first-order chi connectivity index (χ1) is 13.2. The third-order valence-electron chi connectivity index (χ3n) is 5.31. The van der Waals surface area contributed by atoms with Gasteiger partial charge in [0.2, 0.25) is 0 Å². The lowest BCUT2D eigenvalue weighted by atomic mass is 9.67. The van der Waals surface area contributed by atoms with Crippen LogP contribution in [0.2, 0.25) is 5.02 Å². The number of anilines is 1. The Labute approximate surface area is 164 Å². The second-order valence-corrected chi connectivity index (χ2v) is 7.62. The molecule has 0 heterocycles. The molecule has 1 aromatic carbocycles. The van der Waals surface area contributed by atoms with E-state index in [4.69, 9.17) is 16.3 Å². The van der Waals surface area contributed by atoms with Gasteiger partial charge in [-0.2, -0.15) is 13.2 Å². The number of nitrogens with one attached hydrogen (secondary N) is 1. The molecular weight excluding hydrogens is 399 g/mol. The molecule has 0 radical (unpaired) electrons. The lowest BCUT2D eigenvalue weighted by Gasteiger charge is -2.36. The van der Waals surface area contributed by atoms with E-state index in [1.807, 2.05) is 0 Å². The van der Waals surface area contributed by atoms with Crippen LogP contribution in [0.15, 0.2) is 18.2 Å². The van der Waals surface area contributed by atoms with Crippen LogP contribution in [-0.2, 0) is 25.3 Å². The molecule has 1 amide bonds. The molecular formula is C19H19ClF3NO4. The van der Waals surface area contributed by atoms with Crippen molar-refractivity contribution in [1.29, 1.82) is 0 Å². The fourth-order valence-electron chi connectivity index (χ4n) is 3.99. The Hall–Kier alpha value is -2.09. The molecule has 3 atom stereocenters. The number of esters is 1. The van der Waals surface area contributed by atoms with Gasteiger partial charge in [0.15, 0.2) is 6.61 Å². The normalized spacial score (nSPS) is 24.6. The zero-order chi connectivity index (χ0) is 20.5. The van der Waals surface area contributed by atoms with Crippen molar-refractivity contribution in [3.8, 4) is 0 Å². The van der Waals surface area contributed by atoms with E-state index in [1.165, 1.54) is 6.07 Å². The number of carbonyl (C=O) groups excluding carboxylic acids is 3. The van der Waals surface area contributed by atoms with Gasteiger partial charge in [-0.15, -0.1) is 0 Å². The van der Waals surface area contributed by atoms with Crippen LogP contribution in [0, 0.1) is 17.8 Å². The van der Waals surface area contributed by atoms with E-state index < -0.39 is 41.8 Å². The SMILES string of the molecule is O=C(COC(=O)C1C[C@H]2CCC[C@@H](C1)C2=O)Nc1c(Cl)cccc1C(F)(F)F. The summed E-state index contributed by atoms with van der Waals surface area (Å²) in [6.07, 6.45) is -1.42. The van der Waals surface area contributed by atoms with Gasteiger partial charge in [-0.1, -0.05) is 24.1 Å². The first-order valence-corrected chi connectivity index (χ1v) is 9.40. The zero-order valence-electron chi connectivity index (χ0n) is 14.9. The van der Waals surface area contributed by atoms with Gasteiger partial charge in [-0.05, 0) is 37.8 Å². The number of para-hydroxylation sites is 1. The topological polar surface area (TPSA) is 72.5 Å². The molecule has 2 aliphatic rings. The van der Waals surface area contributed by atoms with Crippen molar-refractivity contribution in [1.82, 2.24) is 0 Å². The minimum Gasteiger partial charge on any atom is -0.455 e. The summed E-state index contributed by atoms with van der Waals surface area (Å²) in [5, 5.41) is 1.80. The summed E-state index contributed by atoms with van der Waals surface area (Å²) >= 11 is 5.78. The molecule has 2 fully saturated rings. The smallest absolute Gasteiger partial charge is 0.418 e. The largest absolute Gasteiger partial charge is 0.455 e. The van der Waals surface area contributed by atoms with Gasteiger partial charge < -0.3 is 10.1 Å². The number of fused-ring (bicyclic) bond motifs is 2. The van der Waals surface area contributed by atoms with E-state index in [-0.39, 0.29) is 22.6 Å². The Morgan fingerprint density at radius 3 is 2.43 bits per heavy atom. The number of Topliss-reactive ketones (excluding diaryl/α,β-unsaturated/α-hetero) is 1. The standard InChI is InChI=1S/C19H19ClF3NO4/c20-14-6-2-5-13(19(21,22)23)16(14)24-15(25)9-28-18(27)12-7-10-3-1-4-11(8-12)17(10)26/h2,5-6,10-12H,1,3-4,7-9H2,(H,24,25)/t10-,11+,12?. The zero-order valence-corrected chi connectivity index (χ0v) is 15.6. The van der Waals surface area contributed by atoms with Gasteiger partial charge in [0.1, 0.15) is 5.78 Å². The van der Waals surface area contributed by atoms with Crippen LogP contribution in [0.4, 0.5) is 18.9 Å². The van der Waals surface area contributed by atoms with E-state index >= 15 is 0 Å². The number of benzene rings is 1. The molecule has 2 saturated carbocycles. The number of ether oxygens (including phenoxy) is 1. The van der Waals surface area contributed by atoms with E-state index in [9.17, 15) is 27.6 Å². The van der Waals surface area contributed by atoms with Crippen LogP contribution < -0.4 is 5.32 Å². The van der Waals surface area contributed by atoms with Crippen molar-refractivity contribution >= 4 is 34.9 Å². The predicted molar refractivity (Wildman–Crippen MR) is 94.6 cm³/mol. The van der Waals surface area contributed by atoms with Crippen LogP contribution in [-0.4, -0.2) is 24.3 Å². The molecule has 0 aliphatic heterocycles.